The number of carbonyl (C=O) groups is 2. The lowest BCUT2D eigenvalue weighted by Gasteiger charge is -2.12. The van der Waals surface area contributed by atoms with Crippen molar-refractivity contribution in [1.82, 2.24) is 0 Å². The molecule has 0 heterocycles. The third-order valence-corrected chi connectivity index (χ3v) is 4.04. The van der Waals surface area contributed by atoms with E-state index in [9.17, 15) is 19.7 Å². The molecule has 7 nitrogen and oxygen atoms in total. The first kappa shape index (κ1) is 18.7. The van der Waals surface area contributed by atoms with Crippen molar-refractivity contribution in [3.05, 3.63) is 61.6 Å². The molecular weight excluding hydrogens is 371 g/mol. The van der Waals surface area contributed by atoms with Gasteiger partial charge in [-0.2, -0.15) is 0 Å². The van der Waals surface area contributed by atoms with Crippen molar-refractivity contribution in [3.63, 3.8) is 0 Å². The maximum absolute atomic E-state index is 12.0. The molecule has 0 fully saturated rings. The molecule has 0 radical (unpaired) electrons. The van der Waals surface area contributed by atoms with Crippen molar-refractivity contribution in [2.24, 2.45) is 0 Å². The predicted molar refractivity (Wildman–Crippen MR) is 93.8 cm³/mol. The van der Waals surface area contributed by atoms with Crippen LogP contribution in [0, 0.1) is 17.0 Å². The number of aldehydes is 1. The maximum Gasteiger partial charge on any atom is 0.270 e. The molecule has 2 aromatic carbocycles. The fraction of sp³-hybridized carbons (Fsp3) is 0.125. The first-order valence-electron chi connectivity index (χ1n) is 6.94. The van der Waals surface area contributed by atoms with E-state index in [-0.39, 0.29) is 27.7 Å². The van der Waals surface area contributed by atoms with Crippen LogP contribution < -0.4 is 10.1 Å². The van der Waals surface area contributed by atoms with E-state index >= 15 is 0 Å². The van der Waals surface area contributed by atoms with Crippen LogP contribution in [-0.4, -0.2) is 23.7 Å². The number of benzene rings is 2. The fourth-order valence-corrected chi connectivity index (χ4v) is 2.43. The van der Waals surface area contributed by atoms with E-state index in [4.69, 9.17) is 27.9 Å². The molecule has 0 saturated carbocycles. The van der Waals surface area contributed by atoms with Gasteiger partial charge in [-0.3, -0.25) is 19.7 Å². The Labute approximate surface area is 152 Å². The van der Waals surface area contributed by atoms with Crippen molar-refractivity contribution >= 4 is 46.8 Å². The number of halogens is 2. The summed E-state index contributed by atoms with van der Waals surface area (Å²) in [5.41, 5.74) is 0.711. The Morgan fingerprint density at radius 2 is 2.04 bits per heavy atom. The van der Waals surface area contributed by atoms with Crippen LogP contribution in [0.4, 0.5) is 11.4 Å². The first-order chi connectivity index (χ1) is 11.8. The molecule has 2 rings (SSSR count). The Morgan fingerprint density at radius 3 is 2.68 bits per heavy atom. The van der Waals surface area contributed by atoms with Crippen molar-refractivity contribution in [2.75, 3.05) is 11.9 Å². The van der Waals surface area contributed by atoms with E-state index in [1.165, 1.54) is 12.1 Å². The highest BCUT2D eigenvalue weighted by molar-refractivity contribution is 6.40. The van der Waals surface area contributed by atoms with E-state index in [1.54, 1.807) is 19.1 Å². The quantitative estimate of drug-likeness (QED) is 0.461. The standard InChI is InChI=1S/C16H12Cl2N2O5/c1-9-2-4-12(17)16(15(9)18)19-14(22)8-25-13-5-3-11(20(23)24)6-10(13)7-21/h2-7H,8H2,1H3,(H,19,22). The van der Waals surface area contributed by atoms with Gasteiger partial charge >= 0.3 is 0 Å². The average molecular weight is 383 g/mol. The van der Waals surface area contributed by atoms with Crippen LogP contribution >= 0.6 is 23.2 Å². The number of rotatable bonds is 6. The topological polar surface area (TPSA) is 98.5 Å². The second-order valence-corrected chi connectivity index (χ2v) is 5.77. The molecule has 0 spiro atoms. The number of nitro groups is 1. The van der Waals surface area contributed by atoms with Crippen LogP contribution in [0.2, 0.25) is 10.0 Å². The molecule has 0 aliphatic rings. The monoisotopic (exact) mass is 382 g/mol. The normalized spacial score (nSPS) is 10.2. The molecular formula is C16H12Cl2N2O5. The number of hydrogen-bond acceptors (Lipinski definition) is 5. The summed E-state index contributed by atoms with van der Waals surface area (Å²) in [6.45, 7) is 1.33. The van der Waals surface area contributed by atoms with Crippen molar-refractivity contribution in [3.8, 4) is 5.75 Å². The van der Waals surface area contributed by atoms with Crippen LogP contribution in [0.5, 0.6) is 5.75 Å². The zero-order valence-corrected chi connectivity index (χ0v) is 14.4. The molecule has 0 aliphatic carbocycles. The molecule has 1 amide bonds. The molecule has 0 saturated heterocycles. The molecule has 130 valence electrons. The van der Waals surface area contributed by atoms with Crippen LogP contribution in [0.15, 0.2) is 30.3 Å². The van der Waals surface area contributed by atoms with Gasteiger partial charge in [-0.05, 0) is 24.6 Å². The second-order valence-electron chi connectivity index (χ2n) is 4.99. The van der Waals surface area contributed by atoms with E-state index in [0.29, 0.717) is 11.3 Å². The minimum atomic E-state index is -0.634. The van der Waals surface area contributed by atoms with Crippen LogP contribution in [0.3, 0.4) is 0 Å². The zero-order chi connectivity index (χ0) is 18.6. The molecule has 2 aromatic rings. The molecule has 0 atom stereocenters. The van der Waals surface area contributed by atoms with Crippen molar-refractivity contribution < 1.29 is 19.2 Å². The summed E-state index contributed by atoms with van der Waals surface area (Å²) in [6.07, 6.45) is 0.411. The minimum Gasteiger partial charge on any atom is -0.483 e. The minimum absolute atomic E-state index is 0.0337. The summed E-state index contributed by atoms with van der Waals surface area (Å²) in [5, 5.41) is 13.8. The largest absolute Gasteiger partial charge is 0.483 e. The summed E-state index contributed by atoms with van der Waals surface area (Å²) in [5.74, 6) is -0.498. The second kappa shape index (κ2) is 7.96. The average Bonchev–Trinajstić information content (AvgIpc) is 2.59. The van der Waals surface area contributed by atoms with E-state index < -0.39 is 17.4 Å². The first-order valence-corrected chi connectivity index (χ1v) is 7.70. The van der Waals surface area contributed by atoms with Gasteiger partial charge in [0.25, 0.3) is 11.6 Å². The Morgan fingerprint density at radius 1 is 1.32 bits per heavy atom. The van der Waals surface area contributed by atoms with Gasteiger partial charge in [0.2, 0.25) is 0 Å². The molecule has 9 heteroatoms. The van der Waals surface area contributed by atoms with Crippen LogP contribution in [0.1, 0.15) is 15.9 Å². The number of nitrogens with zero attached hydrogens (tertiary/aromatic N) is 1. The van der Waals surface area contributed by atoms with E-state index in [2.05, 4.69) is 5.32 Å². The van der Waals surface area contributed by atoms with Crippen LogP contribution in [-0.2, 0) is 4.79 Å². The third kappa shape index (κ3) is 4.46. The van der Waals surface area contributed by atoms with Gasteiger partial charge in [0.1, 0.15) is 5.75 Å². The number of nitrogens with one attached hydrogen (secondary N) is 1. The Hall–Kier alpha value is -2.64. The lowest BCUT2D eigenvalue weighted by Crippen LogP contribution is -2.21. The molecule has 0 aromatic heterocycles. The van der Waals surface area contributed by atoms with Crippen LogP contribution in [0.25, 0.3) is 0 Å². The number of anilines is 1. The number of hydrogen-bond donors (Lipinski definition) is 1. The van der Waals surface area contributed by atoms with Gasteiger partial charge in [-0.15, -0.1) is 0 Å². The number of nitro benzene ring substituents is 1. The molecule has 1 N–H and O–H groups in total. The van der Waals surface area contributed by atoms with Gasteiger partial charge in [0.05, 0.1) is 26.2 Å². The Balaban J connectivity index is 2.09. The van der Waals surface area contributed by atoms with E-state index in [0.717, 1.165) is 11.6 Å². The number of non-ortho nitro benzene ring substituents is 1. The predicted octanol–water partition coefficient (Wildman–Crippen LogP) is 4.04. The lowest BCUT2D eigenvalue weighted by atomic mass is 10.2. The number of carbonyl (C=O) groups excluding carboxylic acids is 2. The highest BCUT2D eigenvalue weighted by Gasteiger charge is 2.15. The van der Waals surface area contributed by atoms with Gasteiger partial charge < -0.3 is 10.1 Å². The summed E-state index contributed by atoms with van der Waals surface area (Å²) in [4.78, 5) is 33.1. The Bertz CT molecular complexity index is 855. The van der Waals surface area contributed by atoms with Crippen molar-refractivity contribution in [2.45, 2.75) is 6.92 Å². The smallest absolute Gasteiger partial charge is 0.270 e. The van der Waals surface area contributed by atoms with Gasteiger partial charge in [0.15, 0.2) is 12.9 Å². The highest BCUT2D eigenvalue weighted by atomic mass is 35.5. The number of ether oxygens (including phenoxy) is 1. The zero-order valence-electron chi connectivity index (χ0n) is 12.9. The molecule has 25 heavy (non-hydrogen) atoms. The Kier molecular flexibility index (Phi) is 5.95. The SMILES string of the molecule is Cc1ccc(Cl)c(NC(=O)COc2ccc([N+](=O)[O-])cc2C=O)c1Cl. The van der Waals surface area contributed by atoms with E-state index in [1.807, 2.05) is 0 Å². The third-order valence-electron chi connectivity index (χ3n) is 3.24. The van der Waals surface area contributed by atoms with Gasteiger partial charge in [0, 0.05) is 12.1 Å². The molecule has 0 aliphatic heterocycles. The molecule has 0 unspecified atom stereocenters. The summed E-state index contributed by atoms with van der Waals surface area (Å²) in [7, 11) is 0. The fourth-order valence-electron chi connectivity index (χ4n) is 1.96. The van der Waals surface area contributed by atoms with Gasteiger partial charge in [-0.1, -0.05) is 29.3 Å². The lowest BCUT2D eigenvalue weighted by molar-refractivity contribution is -0.384. The summed E-state index contributed by atoms with van der Waals surface area (Å²) < 4.78 is 5.25. The van der Waals surface area contributed by atoms with Gasteiger partial charge in [-0.25, -0.2) is 0 Å². The number of amides is 1. The highest BCUT2D eigenvalue weighted by Crippen LogP contribution is 2.32. The molecule has 0 bridgehead atoms. The summed E-state index contributed by atoms with van der Waals surface area (Å²) in [6, 6.07) is 6.80. The number of aryl methyl sites for hydroxylation is 1. The van der Waals surface area contributed by atoms with Crippen molar-refractivity contribution in [1.29, 1.82) is 0 Å². The maximum atomic E-state index is 12.0. The summed E-state index contributed by atoms with van der Waals surface area (Å²) >= 11 is 12.1.